The quantitative estimate of drug-likeness (QED) is 0.775. The van der Waals surface area contributed by atoms with Gasteiger partial charge < -0.3 is 9.84 Å². The van der Waals surface area contributed by atoms with Crippen LogP contribution in [0.3, 0.4) is 0 Å². The van der Waals surface area contributed by atoms with Gasteiger partial charge in [0.25, 0.3) is 0 Å². The summed E-state index contributed by atoms with van der Waals surface area (Å²) in [6, 6.07) is 13.8. The molecule has 1 heterocycles. The minimum Gasteiger partial charge on any atom is -0.339 e. The molecule has 6 heteroatoms. The summed E-state index contributed by atoms with van der Waals surface area (Å²) in [6.07, 6.45) is 0.420. The maximum atomic E-state index is 13.5. The Morgan fingerprint density at radius 1 is 1.17 bits per heavy atom. The van der Waals surface area contributed by atoms with Gasteiger partial charge in [0.1, 0.15) is 5.82 Å². The third-order valence-electron chi connectivity index (χ3n) is 3.49. The smallest absolute Gasteiger partial charge is 0.227 e. The minimum atomic E-state index is -0.467. The van der Waals surface area contributed by atoms with Gasteiger partial charge in [-0.3, -0.25) is 4.79 Å². The predicted molar refractivity (Wildman–Crippen MR) is 87.8 cm³/mol. The number of para-hydroxylation sites is 1. The van der Waals surface area contributed by atoms with E-state index in [0.29, 0.717) is 18.1 Å². The second kappa shape index (κ2) is 7.04. The van der Waals surface area contributed by atoms with Gasteiger partial charge in [-0.25, -0.2) is 4.39 Å². The van der Waals surface area contributed by atoms with Gasteiger partial charge in [-0.2, -0.15) is 4.98 Å². The summed E-state index contributed by atoms with van der Waals surface area (Å²) in [5.41, 5.74) is 2.16. The van der Waals surface area contributed by atoms with Crippen molar-refractivity contribution >= 4 is 11.6 Å². The van der Waals surface area contributed by atoms with Gasteiger partial charge in [-0.15, -0.1) is 0 Å². The second-order valence-electron chi connectivity index (χ2n) is 5.41. The zero-order valence-corrected chi connectivity index (χ0v) is 13.1. The van der Waals surface area contributed by atoms with Crippen LogP contribution in [0.5, 0.6) is 0 Å². The summed E-state index contributed by atoms with van der Waals surface area (Å²) >= 11 is 0. The molecule has 3 rings (SSSR count). The third-order valence-corrected chi connectivity index (χ3v) is 3.49. The van der Waals surface area contributed by atoms with Crippen molar-refractivity contribution in [3.63, 3.8) is 0 Å². The molecule has 1 amide bonds. The first-order valence-corrected chi connectivity index (χ1v) is 7.56. The van der Waals surface area contributed by atoms with E-state index in [1.54, 1.807) is 12.1 Å². The van der Waals surface area contributed by atoms with Crippen LogP contribution in [0.4, 0.5) is 10.1 Å². The van der Waals surface area contributed by atoms with Crippen molar-refractivity contribution in [3.8, 4) is 11.4 Å². The number of halogens is 1. The first kappa shape index (κ1) is 15.9. The molecular weight excluding hydrogens is 309 g/mol. The molecule has 1 aromatic heterocycles. The van der Waals surface area contributed by atoms with E-state index in [2.05, 4.69) is 15.5 Å². The number of nitrogens with one attached hydrogen (secondary N) is 1. The number of aromatic nitrogens is 2. The number of hydrogen-bond acceptors (Lipinski definition) is 4. The molecule has 0 atom stereocenters. The van der Waals surface area contributed by atoms with Crippen molar-refractivity contribution in [1.82, 2.24) is 10.1 Å². The Bertz CT molecular complexity index is 843. The standard InChI is InChI=1S/C18H16FN3O2/c1-12-6-8-13(9-7-12)18-21-17(24-22-18)11-10-16(23)20-15-5-3-2-4-14(15)19/h2-9H,10-11H2,1H3,(H,20,23). The van der Waals surface area contributed by atoms with E-state index in [0.717, 1.165) is 11.1 Å². The highest BCUT2D eigenvalue weighted by atomic mass is 19.1. The first-order chi connectivity index (χ1) is 11.6. The van der Waals surface area contributed by atoms with Crippen molar-refractivity contribution < 1.29 is 13.7 Å². The molecule has 24 heavy (non-hydrogen) atoms. The molecule has 2 aromatic carbocycles. The van der Waals surface area contributed by atoms with E-state index in [1.165, 1.54) is 12.1 Å². The molecule has 0 saturated heterocycles. The van der Waals surface area contributed by atoms with Gasteiger partial charge in [0, 0.05) is 18.4 Å². The zero-order chi connectivity index (χ0) is 16.9. The molecular formula is C18H16FN3O2. The Balaban J connectivity index is 1.58. The summed E-state index contributed by atoms with van der Waals surface area (Å²) in [5, 5.41) is 6.44. The fourth-order valence-electron chi connectivity index (χ4n) is 2.17. The second-order valence-corrected chi connectivity index (χ2v) is 5.41. The van der Waals surface area contributed by atoms with E-state index in [1.807, 2.05) is 31.2 Å². The molecule has 0 aliphatic rings. The van der Waals surface area contributed by atoms with Crippen LogP contribution in [0.25, 0.3) is 11.4 Å². The van der Waals surface area contributed by atoms with Crippen LogP contribution in [0, 0.1) is 12.7 Å². The number of rotatable bonds is 5. The highest BCUT2D eigenvalue weighted by Crippen LogP contribution is 2.17. The van der Waals surface area contributed by atoms with Crippen molar-refractivity contribution in [2.45, 2.75) is 19.8 Å². The largest absolute Gasteiger partial charge is 0.339 e. The lowest BCUT2D eigenvalue weighted by atomic mass is 10.1. The van der Waals surface area contributed by atoms with Crippen LogP contribution >= 0.6 is 0 Å². The fraction of sp³-hybridized carbons (Fsp3) is 0.167. The predicted octanol–water partition coefficient (Wildman–Crippen LogP) is 3.76. The number of carbonyl (C=O) groups is 1. The highest BCUT2D eigenvalue weighted by Gasteiger charge is 2.11. The molecule has 0 aliphatic heterocycles. The summed E-state index contributed by atoms with van der Waals surface area (Å²) in [7, 11) is 0. The number of nitrogens with zero attached hydrogens (tertiary/aromatic N) is 2. The molecule has 1 N–H and O–H groups in total. The lowest BCUT2D eigenvalue weighted by Gasteiger charge is -2.04. The summed E-state index contributed by atoms with van der Waals surface area (Å²) in [5.74, 6) is 0.0780. The van der Waals surface area contributed by atoms with E-state index in [-0.39, 0.29) is 18.0 Å². The lowest BCUT2D eigenvalue weighted by Crippen LogP contribution is -2.13. The molecule has 5 nitrogen and oxygen atoms in total. The maximum absolute atomic E-state index is 13.5. The fourth-order valence-corrected chi connectivity index (χ4v) is 2.17. The van der Waals surface area contributed by atoms with Crippen LogP contribution in [0.2, 0.25) is 0 Å². The summed E-state index contributed by atoms with van der Waals surface area (Å²) < 4.78 is 18.6. The van der Waals surface area contributed by atoms with Crippen molar-refractivity contribution in [3.05, 3.63) is 65.8 Å². The van der Waals surface area contributed by atoms with Gasteiger partial charge in [0.05, 0.1) is 5.69 Å². The maximum Gasteiger partial charge on any atom is 0.227 e. The van der Waals surface area contributed by atoms with E-state index >= 15 is 0 Å². The van der Waals surface area contributed by atoms with E-state index in [9.17, 15) is 9.18 Å². The molecule has 122 valence electrons. The normalized spacial score (nSPS) is 10.6. The monoisotopic (exact) mass is 325 g/mol. The topological polar surface area (TPSA) is 68.0 Å². The molecule has 0 unspecified atom stereocenters. The first-order valence-electron chi connectivity index (χ1n) is 7.56. The SMILES string of the molecule is Cc1ccc(-c2noc(CCC(=O)Nc3ccccc3F)n2)cc1. The molecule has 0 aliphatic carbocycles. The molecule has 3 aromatic rings. The number of amides is 1. The van der Waals surface area contributed by atoms with Crippen molar-refractivity contribution in [2.75, 3.05) is 5.32 Å². The van der Waals surface area contributed by atoms with Crippen LogP contribution in [0.1, 0.15) is 17.9 Å². The van der Waals surface area contributed by atoms with Crippen LogP contribution in [-0.4, -0.2) is 16.0 Å². The Labute approximate surface area is 138 Å². The van der Waals surface area contributed by atoms with Crippen LogP contribution in [-0.2, 0) is 11.2 Å². The van der Waals surface area contributed by atoms with Gasteiger partial charge in [-0.1, -0.05) is 47.1 Å². The number of carbonyl (C=O) groups excluding carboxylic acids is 1. The van der Waals surface area contributed by atoms with Gasteiger partial charge in [0.2, 0.25) is 17.6 Å². The van der Waals surface area contributed by atoms with Gasteiger partial charge in [0.15, 0.2) is 0 Å². The lowest BCUT2D eigenvalue weighted by molar-refractivity contribution is -0.116. The van der Waals surface area contributed by atoms with E-state index in [4.69, 9.17) is 4.52 Å². The summed E-state index contributed by atoms with van der Waals surface area (Å²) in [6.45, 7) is 2.00. The number of aryl methyl sites for hydroxylation is 2. The minimum absolute atomic E-state index is 0.129. The number of hydrogen-bond donors (Lipinski definition) is 1. The molecule has 0 bridgehead atoms. The number of benzene rings is 2. The summed E-state index contributed by atoms with van der Waals surface area (Å²) in [4.78, 5) is 16.2. The Hall–Kier alpha value is -3.02. The molecule has 0 radical (unpaired) electrons. The molecule has 0 spiro atoms. The third kappa shape index (κ3) is 3.84. The van der Waals surface area contributed by atoms with Crippen LogP contribution in [0.15, 0.2) is 53.1 Å². The molecule has 0 saturated carbocycles. The van der Waals surface area contributed by atoms with Crippen molar-refractivity contribution in [1.29, 1.82) is 0 Å². The molecule has 0 fully saturated rings. The number of anilines is 1. The Morgan fingerprint density at radius 3 is 2.67 bits per heavy atom. The van der Waals surface area contributed by atoms with Crippen LogP contribution < -0.4 is 5.32 Å². The average Bonchev–Trinajstić information content (AvgIpc) is 3.05. The Kier molecular flexibility index (Phi) is 4.65. The Morgan fingerprint density at radius 2 is 1.92 bits per heavy atom. The average molecular weight is 325 g/mol. The zero-order valence-electron chi connectivity index (χ0n) is 13.1. The van der Waals surface area contributed by atoms with Crippen molar-refractivity contribution in [2.24, 2.45) is 0 Å². The highest BCUT2D eigenvalue weighted by molar-refractivity contribution is 5.90. The van der Waals surface area contributed by atoms with Gasteiger partial charge >= 0.3 is 0 Å². The van der Waals surface area contributed by atoms with E-state index < -0.39 is 5.82 Å². The van der Waals surface area contributed by atoms with Gasteiger partial charge in [-0.05, 0) is 19.1 Å².